The van der Waals surface area contributed by atoms with Crippen molar-refractivity contribution in [1.82, 2.24) is 19.9 Å². The molecule has 0 radical (unpaired) electrons. The van der Waals surface area contributed by atoms with E-state index in [1.165, 1.54) is 7.11 Å². The predicted molar refractivity (Wildman–Crippen MR) is 49.6 cm³/mol. The van der Waals surface area contributed by atoms with Crippen LogP contribution in [0.5, 0.6) is 6.01 Å². The van der Waals surface area contributed by atoms with Gasteiger partial charge in [-0.1, -0.05) is 0 Å². The van der Waals surface area contributed by atoms with Gasteiger partial charge in [0.05, 0.1) is 19.0 Å². The summed E-state index contributed by atoms with van der Waals surface area (Å²) in [4.78, 5) is 16.0. The predicted octanol–water partition coefficient (Wildman–Crippen LogP) is 0.942. The van der Waals surface area contributed by atoms with Crippen LogP contribution in [0.4, 0.5) is 0 Å². The molecule has 0 bridgehead atoms. The third-order valence-corrected chi connectivity index (χ3v) is 1.67. The summed E-state index contributed by atoms with van der Waals surface area (Å²) in [7, 11) is 1.53. The van der Waals surface area contributed by atoms with E-state index in [1.54, 1.807) is 31.0 Å². The van der Waals surface area contributed by atoms with E-state index >= 15 is 0 Å². The molecule has 0 amide bonds. The second-order valence-electron chi connectivity index (χ2n) is 2.55. The Morgan fingerprint density at radius 3 is 2.36 bits per heavy atom. The van der Waals surface area contributed by atoms with Crippen LogP contribution in [-0.4, -0.2) is 27.0 Å². The largest absolute Gasteiger partial charge is 0.467 e. The lowest BCUT2D eigenvalue weighted by Gasteiger charge is -1.99. The van der Waals surface area contributed by atoms with Crippen molar-refractivity contribution in [2.24, 2.45) is 0 Å². The highest BCUT2D eigenvalue weighted by atomic mass is 16.5. The third-order valence-electron chi connectivity index (χ3n) is 1.67. The standard InChI is InChI=1S/C9H8N4O/c1-14-9-12-4-7(5-13-9)8-6-10-2-3-11-8/h2-6H,1H3. The first-order valence-corrected chi connectivity index (χ1v) is 4.02. The molecule has 0 atom stereocenters. The molecule has 0 spiro atoms. The smallest absolute Gasteiger partial charge is 0.316 e. The second kappa shape index (κ2) is 3.78. The van der Waals surface area contributed by atoms with Crippen LogP contribution >= 0.6 is 0 Å². The molecule has 5 nitrogen and oxygen atoms in total. The summed E-state index contributed by atoms with van der Waals surface area (Å²) in [6, 6.07) is 0.345. The van der Waals surface area contributed by atoms with E-state index in [0.717, 1.165) is 11.3 Å². The molecule has 0 saturated heterocycles. The summed E-state index contributed by atoms with van der Waals surface area (Å²) in [6.45, 7) is 0. The summed E-state index contributed by atoms with van der Waals surface area (Å²) in [5, 5.41) is 0. The number of hydrogen-bond donors (Lipinski definition) is 0. The van der Waals surface area contributed by atoms with Crippen molar-refractivity contribution in [1.29, 1.82) is 0 Å². The zero-order valence-corrected chi connectivity index (χ0v) is 7.58. The Morgan fingerprint density at radius 1 is 1.00 bits per heavy atom. The molecule has 0 aliphatic heterocycles. The molecule has 0 fully saturated rings. The number of rotatable bonds is 2. The first-order chi connectivity index (χ1) is 6.90. The van der Waals surface area contributed by atoms with Crippen molar-refractivity contribution in [3.8, 4) is 17.3 Å². The van der Waals surface area contributed by atoms with E-state index in [1.807, 2.05) is 0 Å². The fourth-order valence-electron chi connectivity index (χ4n) is 1.00. The van der Waals surface area contributed by atoms with Gasteiger partial charge in [-0.05, 0) is 0 Å². The van der Waals surface area contributed by atoms with Crippen LogP contribution in [0.25, 0.3) is 11.3 Å². The maximum absolute atomic E-state index is 4.85. The van der Waals surface area contributed by atoms with Crippen molar-refractivity contribution < 1.29 is 4.74 Å². The lowest BCUT2D eigenvalue weighted by molar-refractivity contribution is 0.380. The van der Waals surface area contributed by atoms with Crippen LogP contribution < -0.4 is 4.74 Å². The summed E-state index contributed by atoms with van der Waals surface area (Å²) in [5.41, 5.74) is 1.56. The van der Waals surface area contributed by atoms with Gasteiger partial charge in [0.15, 0.2) is 0 Å². The average Bonchev–Trinajstić information content (AvgIpc) is 2.30. The highest BCUT2D eigenvalue weighted by molar-refractivity contribution is 5.54. The molecule has 0 aliphatic carbocycles. The molecule has 14 heavy (non-hydrogen) atoms. The Labute approximate surface area is 80.8 Å². The molecule has 2 heterocycles. The fraction of sp³-hybridized carbons (Fsp3) is 0.111. The average molecular weight is 188 g/mol. The molecule has 0 aliphatic rings. The van der Waals surface area contributed by atoms with Gasteiger partial charge < -0.3 is 4.74 Å². The van der Waals surface area contributed by atoms with E-state index < -0.39 is 0 Å². The van der Waals surface area contributed by atoms with E-state index in [4.69, 9.17) is 4.74 Å². The van der Waals surface area contributed by atoms with E-state index in [0.29, 0.717) is 6.01 Å². The van der Waals surface area contributed by atoms with Gasteiger partial charge in [-0.25, -0.2) is 9.97 Å². The molecule has 0 aromatic carbocycles. The van der Waals surface area contributed by atoms with Gasteiger partial charge in [-0.3, -0.25) is 9.97 Å². The summed E-state index contributed by atoms with van der Waals surface area (Å²) >= 11 is 0. The zero-order chi connectivity index (χ0) is 9.80. The van der Waals surface area contributed by atoms with Crippen molar-refractivity contribution in [2.75, 3.05) is 7.11 Å². The first kappa shape index (κ1) is 8.55. The van der Waals surface area contributed by atoms with Crippen molar-refractivity contribution >= 4 is 0 Å². The number of ether oxygens (including phenoxy) is 1. The summed E-state index contributed by atoms with van der Waals surface area (Å²) in [5.74, 6) is 0. The number of aromatic nitrogens is 4. The lowest BCUT2D eigenvalue weighted by Crippen LogP contribution is -1.92. The quantitative estimate of drug-likeness (QED) is 0.701. The van der Waals surface area contributed by atoms with Crippen LogP contribution in [0.15, 0.2) is 31.0 Å². The number of hydrogen-bond acceptors (Lipinski definition) is 5. The highest BCUT2D eigenvalue weighted by Gasteiger charge is 2.00. The summed E-state index contributed by atoms with van der Waals surface area (Å²) < 4.78 is 4.85. The van der Waals surface area contributed by atoms with Crippen LogP contribution in [-0.2, 0) is 0 Å². The molecule has 2 aromatic rings. The minimum Gasteiger partial charge on any atom is -0.467 e. The maximum Gasteiger partial charge on any atom is 0.316 e. The van der Waals surface area contributed by atoms with E-state index in [-0.39, 0.29) is 0 Å². The second-order valence-corrected chi connectivity index (χ2v) is 2.55. The fourth-order valence-corrected chi connectivity index (χ4v) is 1.00. The minimum atomic E-state index is 0.345. The first-order valence-electron chi connectivity index (χ1n) is 4.02. The molecular weight excluding hydrogens is 180 g/mol. The van der Waals surface area contributed by atoms with Gasteiger partial charge in [0.1, 0.15) is 0 Å². The van der Waals surface area contributed by atoms with Crippen molar-refractivity contribution in [3.05, 3.63) is 31.0 Å². The van der Waals surface area contributed by atoms with Gasteiger partial charge in [0, 0.05) is 30.4 Å². The van der Waals surface area contributed by atoms with Crippen LogP contribution in [0.2, 0.25) is 0 Å². The highest BCUT2D eigenvalue weighted by Crippen LogP contribution is 2.13. The molecule has 2 aromatic heterocycles. The third kappa shape index (κ3) is 1.66. The Balaban J connectivity index is 2.34. The van der Waals surface area contributed by atoms with Gasteiger partial charge in [-0.15, -0.1) is 0 Å². The number of methoxy groups -OCH3 is 1. The SMILES string of the molecule is COc1ncc(-c2cnccn2)cn1. The molecule has 0 saturated carbocycles. The normalized spacial score (nSPS) is 9.79. The van der Waals surface area contributed by atoms with Gasteiger partial charge in [0.25, 0.3) is 0 Å². The van der Waals surface area contributed by atoms with Crippen LogP contribution in [0.3, 0.4) is 0 Å². The van der Waals surface area contributed by atoms with Gasteiger partial charge in [-0.2, -0.15) is 0 Å². The molecule has 70 valence electrons. The van der Waals surface area contributed by atoms with Crippen molar-refractivity contribution in [3.63, 3.8) is 0 Å². The van der Waals surface area contributed by atoms with E-state index in [2.05, 4.69) is 19.9 Å². The molecule has 0 unspecified atom stereocenters. The lowest BCUT2D eigenvalue weighted by atomic mass is 10.2. The van der Waals surface area contributed by atoms with Crippen LogP contribution in [0, 0.1) is 0 Å². The van der Waals surface area contributed by atoms with Crippen LogP contribution in [0.1, 0.15) is 0 Å². The van der Waals surface area contributed by atoms with Gasteiger partial charge in [0.2, 0.25) is 0 Å². The Morgan fingerprint density at radius 2 is 1.79 bits per heavy atom. The number of nitrogens with zero attached hydrogens (tertiary/aromatic N) is 4. The molecule has 2 rings (SSSR count). The Bertz CT molecular complexity index is 401. The molecule has 0 N–H and O–H groups in total. The Hall–Kier alpha value is -2.04. The molecule has 5 heteroatoms. The summed E-state index contributed by atoms with van der Waals surface area (Å²) in [6.07, 6.45) is 8.20. The van der Waals surface area contributed by atoms with E-state index in [9.17, 15) is 0 Å². The Kier molecular flexibility index (Phi) is 2.31. The molecular formula is C9H8N4O. The van der Waals surface area contributed by atoms with Crippen molar-refractivity contribution in [2.45, 2.75) is 0 Å². The maximum atomic E-state index is 4.85. The monoisotopic (exact) mass is 188 g/mol. The zero-order valence-electron chi connectivity index (χ0n) is 7.58. The minimum absolute atomic E-state index is 0.345. The van der Waals surface area contributed by atoms with Gasteiger partial charge >= 0.3 is 6.01 Å². The topological polar surface area (TPSA) is 60.8 Å².